The van der Waals surface area contributed by atoms with Gasteiger partial charge >= 0.3 is 5.97 Å². The van der Waals surface area contributed by atoms with Gasteiger partial charge in [0.15, 0.2) is 0 Å². The van der Waals surface area contributed by atoms with E-state index in [-0.39, 0.29) is 5.69 Å². The first-order chi connectivity index (χ1) is 7.61. The summed E-state index contributed by atoms with van der Waals surface area (Å²) in [5.74, 6) is -0.334. The molecule has 1 aromatic heterocycles. The Balaban J connectivity index is 2.27. The molecule has 0 aliphatic carbocycles. The molecule has 0 fully saturated rings. The highest BCUT2D eigenvalue weighted by Crippen LogP contribution is 2.01. The van der Waals surface area contributed by atoms with Gasteiger partial charge in [0.05, 0.1) is 13.2 Å². The van der Waals surface area contributed by atoms with Gasteiger partial charge in [0.25, 0.3) is 0 Å². The van der Waals surface area contributed by atoms with E-state index in [0.29, 0.717) is 25.7 Å². The summed E-state index contributed by atoms with van der Waals surface area (Å²) in [7, 11) is 0. The summed E-state index contributed by atoms with van der Waals surface area (Å²) in [6.45, 7) is 5.96. The normalized spacial score (nSPS) is 10.9. The first-order valence-electron chi connectivity index (χ1n) is 5.44. The zero-order chi connectivity index (χ0) is 12.0. The molecule has 0 saturated carbocycles. The molecule has 5 nitrogen and oxygen atoms in total. The summed E-state index contributed by atoms with van der Waals surface area (Å²) in [6, 6.07) is 1.48. The second-order valence-corrected chi connectivity index (χ2v) is 4.04. The molecule has 90 valence electrons. The SMILES string of the molecule is CC(C)CCOCCn1nccc1C(=O)O. The summed E-state index contributed by atoms with van der Waals surface area (Å²) in [6.07, 6.45) is 2.50. The smallest absolute Gasteiger partial charge is 0.354 e. The second kappa shape index (κ2) is 6.27. The van der Waals surface area contributed by atoms with E-state index in [4.69, 9.17) is 9.84 Å². The van der Waals surface area contributed by atoms with Crippen LogP contribution in [0.15, 0.2) is 12.3 Å². The lowest BCUT2D eigenvalue weighted by Crippen LogP contribution is -2.14. The van der Waals surface area contributed by atoms with Crippen molar-refractivity contribution in [2.75, 3.05) is 13.2 Å². The van der Waals surface area contributed by atoms with Gasteiger partial charge in [-0.15, -0.1) is 0 Å². The van der Waals surface area contributed by atoms with Gasteiger partial charge in [0.1, 0.15) is 5.69 Å². The Morgan fingerprint density at radius 2 is 2.31 bits per heavy atom. The largest absolute Gasteiger partial charge is 0.477 e. The molecule has 0 unspecified atom stereocenters. The highest BCUT2D eigenvalue weighted by Gasteiger charge is 2.09. The molecule has 0 atom stereocenters. The maximum Gasteiger partial charge on any atom is 0.354 e. The fourth-order valence-electron chi connectivity index (χ4n) is 1.26. The van der Waals surface area contributed by atoms with Gasteiger partial charge < -0.3 is 9.84 Å². The lowest BCUT2D eigenvalue weighted by Gasteiger charge is -2.07. The molecule has 1 heterocycles. The predicted octanol–water partition coefficient (Wildman–Crippen LogP) is 1.64. The van der Waals surface area contributed by atoms with Crippen molar-refractivity contribution in [3.8, 4) is 0 Å². The van der Waals surface area contributed by atoms with Crippen LogP contribution in [0.4, 0.5) is 0 Å². The fraction of sp³-hybridized carbons (Fsp3) is 0.636. The molecule has 0 bridgehead atoms. The summed E-state index contributed by atoms with van der Waals surface area (Å²) in [5, 5.41) is 12.8. The number of ether oxygens (including phenoxy) is 1. The van der Waals surface area contributed by atoms with Crippen molar-refractivity contribution >= 4 is 5.97 Å². The number of hydrogen-bond acceptors (Lipinski definition) is 3. The van der Waals surface area contributed by atoms with Crippen LogP contribution >= 0.6 is 0 Å². The summed E-state index contributed by atoms with van der Waals surface area (Å²) < 4.78 is 6.84. The molecule has 1 aromatic rings. The highest BCUT2D eigenvalue weighted by molar-refractivity contribution is 5.85. The van der Waals surface area contributed by atoms with E-state index in [0.717, 1.165) is 6.42 Å². The number of hydrogen-bond donors (Lipinski definition) is 1. The number of carboxylic acids is 1. The van der Waals surface area contributed by atoms with Crippen LogP contribution in [-0.4, -0.2) is 34.1 Å². The molecule has 0 aliphatic rings. The van der Waals surface area contributed by atoms with E-state index in [1.807, 2.05) is 0 Å². The molecule has 0 saturated heterocycles. The van der Waals surface area contributed by atoms with Gasteiger partial charge in [-0.2, -0.15) is 5.10 Å². The number of aromatic nitrogens is 2. The Hall–Kier alpha value is -1.36. The predicted molar refractivity (Wildman–Crippen MR) is 59.5 cm³/mol. The second-order valence-electron chi connectivity index (χ2n) is 4.04. The topological polar surface area (TPSA) is 64.4 Å². The van der Waals surface area contributed by atoms with Crippen molar-refractivity contribution in [3.63, 3.8) is 0 Å². The fourth-order valence-corrected chi connectivity index (χ4v) is 1.26. The third-order valence-corrected chi connectivity index (χ3v) is 2.22. The van der Waals surface area contributed by atoms with Gasteiger partial charge in [0, 0.05) is 12.8 Å². The van der Waals surface area contributed by atoms with Crippen molar-refractivity contribution in [1.82, 2.24) is 9.78 Å². The number of carboxylic acid groups (broad SMARTS) is 1. The number of rotatable bonds is 7. The maximum absolute atomic E-state index is 10.8. The minimum absolute atomic E-state index is 0.201. The highest BCUT2D eigenvalue weighted by atomic mass is 16.5. The van der Waals surface area contributed by atoms with Crippen LogP contribution in [0.5, 0.6) is 0 Å². The van der Waals surface area contributed by atoms with Crippen molar-refractivity contribution in [2.24, 2.45) is 5.92 Å². The molecule has 1 rings (SSSR count). The van der Waals surface area contributed by atoms with E-state index >= 15 is 0 Å². The zero-order valence-electron chi connectivity index (χ0n) is 9.72. The summed E-state index contributed by atoms with van der Waals surface area (Å²) in [4.78, 5) is 10.8. The van der Waals surface area contributed by atoms with Crippen molar-refractivity contribution in [2.45, 2.75) is 26.8 Å². The minimum Gasteiger partial charge on any atom is -0.477 e. The maximum atomic E-state index is 10.8. The monoisotopic (exact) mass is 226 g/mol. The van der Waals surface area contributed by atoms with Gasteiger partial charge in [0.2, 0.25) is 0 Å². The third-order valence-electron chi connectivity index (χ3n) is 2.22. The van der Waals surface area contributed by atoms with Crippen molar-refractivity contribution in [3.05, 3.63) is 18.0 Å². The van der Waals surface area contributed by atoms with Crippen LogP contribution in [0.3, 0.4) is 0 Å². The Kier molecular flexibility index (Phi) is 4.98. The zero-order valence-corrected chi connectivity index (χ0v) is 9.72. The van der Waals surface area contributed by atoms with Crippen LogP contribution in [0, 0.1) is 5.92 Å². The first-order valence-corrected chi connectivity index (χ1v) is 5.44. The molecule has 5 heteroatoms. The molecule has 0 aromatic carbocycles. The number of carbonyl (C=O) groups is 1. The van der Waals surface area contributed by atoms with Crippen LogP contribution < -0.4 is 0 Å². The molecular formula is C11H18N2O3. The molecule has 0 aliphatic heterocycles. The van der Waals surface area contributed by atoms with Crippen LogP contribution in [-0.2, 0) is 11.3 Å². The Morgan fingerprint density at radius 1 is 1.56 bits per heavy atom. The lowest BCUT2D eigenvalue weighted by atomic mass is 10.1. The van der Waals surface area contributed by atoms with E-state index in [1.165, 1.54) is 16.9 Å². The molecule has 0 spiro atoms. The molecule has 16 heavy (non-hydrogen) atoms. The lowest BCUT2D eigenvalue weighted by molar-refractivity contribution is 0.0676. The van der Waals surface area contributed by atoms with E-state index in [9.17, 15) is 4.79 Å². The Morgan fingerprint density at radius 3 is 2.94 bits per heavy atom. The van der Waals surface area contributed by atoms with Crippen LogP contribution in [0.2, 0.25) is 0 Å². The van der Waals surface area contributed by atoms with Gasteiger partial charge in [-0.05, 0) is 18.4 Å². The van der Waals surface area contributed by atoms with Gasteiger partial charge in [-0.3, -0.25) is 4.68 Å². The number of nitrogens with zero attached hydrogens (tertiary/aromatic N) is 2. The standard InChI is InChI=1S/C11H18N2O3/c1-9(2)4-7-16-8-6-13-10(11(14)15)3-5-12-13/h3,5,9H,4,6-8H2,1-2H3,(H,14,15). The van der Waals surface area contributed by atoms with Crippen LogP contribution in [0.25, 0.3) is 0 Å². The summed E-state index contributed by atoms with van der Waals surface area (Å²) in [5.41, 5.74) is 0.201. The van der Waals surface area contributed by atoms with Gasteiger partial charge in [-0.25, -0.2) is 4.79 Å². The van der Waals surface area contributed by atoms with E-state index in [1.54, 1.807) is 0 Å². The van der Waals surface area contributed by atoms with Crippen LogP contribution in [0.1, 0.15) is 30.8 Å². The van der Waals surface area contributed by atoms with E-state index < -0.39 is 5.97 Å². The average molecular weight is 226 g/mol. The molecule has 0 radical (unpaired) electrons. The third kappa shape index (κ3) is 4.02. The average Bonchev–Trinajstić information content (AvgIpc) is 2.65. The minimum atomic E-state index is -0.959. The summed E-state index contributed by atoms with van der Waals surface area (Å²) >= 11 is 0. The molecule has 0 amide bonds. The quantitative estimate of drug-likeness (QED) is 0.718. The Labute approximate surface area is 95.0 Å². The van der Waals surface area contributed by atoms with Gasteiger partial charge in [-0.1, -0.05) is 13.8 Å². The van der Waals surface area contributed by atoms with Crippen molar-refractivity contribution in [1.29, 1.82) is 0 Å². The number of aromatic carboxylic acids is 1. The Bertz CT molecular complexity index is 334. The van der Waals surface area contributed by atoms with Crippen molar-refractivity contribution < 1.29 is 14.6 Å². The molecule has 1 N–H and O–H groups in total. The van der Waals surface area contributed by atoms with E-state index in [2.05, 4.69) is 18.9 Å². The molecular weight excluding hydrogens is 208 g/mol. The first kappa shape index (κ1) is 12.7.